The van der Waals surface area contributed by atoms with E-state index in [0.29, 0.717) is 43.2 Å². The standard InChI is InChI=1S/C33H44N6O3/c1-22(2)15-30(40)37-11-9-36(10-12-37)26-7-8-29(34-21-26)38-13-14-39(28-6-4-3-5-27(28)38)32(41)35-31-24-16-23-17-25(31)20-33(42,18-23)19-24/h3-8,21-25,31,42H,9-20H2,1-2H3,(H,35,41)/t23?,24-,25+,31?,33?. The quantitative estimate of drug-likeness (QED) is 0.553. The van der Waals surface area contributed by atoms with Gasteiger partial charge in [0, 0.05) is 51.7 Å². The minimum atomic E-state index is -0.501. The van der Waals surface area contributed by atoms with E-state index >= 15 is 0 Å². The average molecular weight is 573 g/mol. The Hall–Kier alpha value is -3.33. The minimum absolute atomic E-state index is 0.0270. The van der Waals surface area contributed by atoms with Crippen molar-refractivity contribution in [1.82, 2.24) is 15.2 Å². The van der Waals surface area contributed by atoms with Gasteiger partial charge in [0.05, 0.1) is 28.9 Å². The number of carbonyl (C=O) groups is 2. The fourth-order valence-corrected chi connectivity index (χ4v) is 8.67. The maximum absolute atomic E-state index is 13.7. The Morgan fingerprint density at radius 3 is 2.31 bits per heavy atom. The number of nitrogens with zero attached hydrogens (tertiary/aromatic N) is 5. The number of urea groups is 1. The van der Waals surface area contributed by atoms with E-state index in [1.807, 2.05) is 34.2 Å². The van der Waals surface area contributed by atoms with Gasteiger partial charge in [-0.25, -0.2) is 9.78 Å². The molecule has 8 rings (SSSR count). The summed E-state index contributed by atoms with van der Waals surface area (Å²) in [6.07, 6.45) is 7.39. The summed E-state index contributed by atoms with van der Waals surface area (Å²) in [4.78, 5) is 39.4. The predicted molar refractivity (Wildman–Crippen MR) is 164 cm³/mol. The highest BCUT2D eigenvalue weighted by atomic mass is 16.3. The number of nitrogens with one attached hydrogen (secondary N) is 1. The molecule has 3 heterocycles. The second-order valence-electron chi connectivity index (χ2n) is 13.8. The number of hydrogen-bond donors (Lipinski definition) is 2. The fourth-order valence-electron chi connectivity index (χ4n) is 8.67. The van der Waals surface area contributed by atoms with Gasteiger partial charge in [0.1, 0.15) is 5.82 Å². The molecule has 4 saturated carbocycles. The highest BCUT2D eigenvalue weighted by Crippen LogP contribution is 2.55. The molecule has 6 aliphatic rings. The van der Waals surface area contributed by atoms with Crippen LogP contribution in [0.4, 0.5) is 27.7 Å². The molecule has 4 bridgehead atoms. The van der Waals surface area contributed by atoms with Crippen molar-refractivity contribution in [2.45, 2.75) is 64.0 Å². The molecule has 3 unspecified atom stereocenters. The lowest BCUT2D eigenvalue weighted by Crippen LogP contribution is -2.63. The maximum Gasteiger partial charge on any atom is 0.322 e. The lowest BCUT2D eigenvalue weighted by molar-refractivity contribution is -0.136. The molecule has 5 atom stereocenters. The summed E-state index contributed by atoms with van der Waals surface area (Å²) >= 11 is 0. The SMILES string of the molecule is CC(C)CC(=O)N1CCN(c2ccc(N3CCN(C(=O)NC4[C@@H]5CC6C[C@H]4CC(O)(C6)C5)c4ccccc43)nc2)CC1. The smallest absolute Gasteiger partial charge is 0.322 e. The van der Waals surface area contributed by atoms with Crippen molar-refractivity contribution < 1.29 is 14.7 Å². The third-order valence-electron chi connectivity index (χ3n) is 10.4. The molecule has 1 aromatic heterocycles. The molecular formula is C33H44N6O3. The number of aromatic nitrogens is 1. The number of amides is 3. The van der Waals surface area contributed by atoms with E-state index in [4.69, 9.17) is 4.98 Å². The summed E-state index contributed by atoms with van der Waals surface area (Å²) in [6.45, 7) is 8.52. The highest BCUT2D eigenvalue weighted by Gasteiger charge is 2.55. The van der Waals surface area contributed by atoms with Crippen molar-refractivity contribution in [3.8, 4) is 0 Å². The number of rotatable bonds is 5. The van der Waals surface area contributed by atoms with Gasteiger partial charge < -0.3 is 25.1 Å². The molecule has 2 aromatic rings. The normalized spacial score (nSPS) is 30.1. The molecule has 0 spiro atoms. The first-order valence-corrected chi connectivity index (χ1v) is 15.9. The topological polar surface area (TPSA) is 92.3 Å². The first kappa shape index (κ1) is 27.5. The van der Waals surface area contributed by atoms with Crippen LogP contribution >= 0.6 is 0 Å². The summed E-state index contributed by atoms with van der Waals surface area (Å²) in [7, 11) is 0. The van der Waals surface area contributed by atoms with Crippen molar-refractivity contribution in [3.63, 3.8) is 0 Å². The maximum atomic E-state index is 13.7. The molecule has 42 heavy (non-hydrogen) atoms. The lowest BCUT2D eigenvalue weighted by atomic mass is 9.52. The zero-order valence-electron chi connectivity index (χ0n) is 24.9. The van der Waals surface area contributed by atoms with Crippen molar-refractivity contribution in [2.75, 3.05) is 54.0 Å². The van der Waals surface area contributed by atoms with Crippen LogP contribution in [0.3, 0.4) is 0 Å². The number of hydrogen-bond acceptors (Lipinski definition) is 6. The van der Waals surface area contributed by atoms with Crippen LogP contribution in [0.1, 0.15) is 52.4 Å². The van der Waals surface area contributed by atoms with Crippen LogP contribution in [-0.2, 0) is 4.79 Å². The van der Waals surface area contributed by atoms with Crippen LogP contribution in [0.15, 0.2) is 42.6 Å². The number of para-hydroxylation sites is 2. The molecule has 3 amide bonds. The van der Waals surface area contributed by atoms with Crippen LogP contribution in [0.5, 0.6) is 0 Å². The minimum Gasteiger partial charge on any atom is -0.390 e. The number of carbonyl (C=O) groups excluding carboxylic acids is 2. The summed E-state index contributed by atoms with van der Waals surface area (Å²) in [5.74, 6) is 2.88. The Balaban J connectivity index is 1.01. The second kappa shape index (κ2) is 10.7. The average Bonchev–Trinajstić information content (AvgIpc) is 2.97. The molecule has 2 N–H and O–H groups in total. The molecule has 1 aromatic carbocycles. The fraction of sp³-hybridized carbons (Fsp3) is 0.606. The molecule has 2 aliphatic heterocycles. The van der Waals surface area contributed by atoms with Gasteiger partial charge in [0.2, 0.25) is 5.91 Å². The van der Waals surface area contributed by atoms with Gasteiger partial charge in [-0.15, -0.1) is 0 Å². The Labute approximate surface area is 248 Å². The molecule has 5 fully saturated rings. The van der Waals surface area contributed by atoms with Gasteiger partial charge in [-0.2, -0.15) is 0 Å². The van der Waals surface area contributed by atoms with Crippen LogP contribution in [0.25, 0.3) is 0 Å². The third kappa shape index (κ3) is 5.10. The van der Waals surface area contributed by atoms with Gasteiger partial charge in [-0.05, 0) is 80.0 Å². The number of fused-ring (bicyclic) bond motifs is 1. The number of aliphatic hydroxyl groups is 1. The van der Waals surface area contributed by atoms with Gasteiger partial charge >= 0.3 is 6.03 Å². The van der Waals surface area contributed by atoms with E-state index < -0.39 is 5.60 Å². The number of anilines is 4. The summed E-state index contributed by atoms with van der Waals surface area (Å²) in [5.41, 5.74) is 2.45. The molecule has 9 nitrogen and oxygen atoms in total. The van der Waals surface area contributed by atoms with E-state index in [1.165, 1.54) is 0 Å². The second-order valence-corrected chi connectivity index (χ2v) is 13.8. The zero-order chi connectivity index (χ0) is 29.0. The molecular weight excluding hydrogens is 528 g/mol. The van der Waals surface area contributed by atoms with Crippen molar-refractivity contribution in [1.29, 1.82) is 0 Å². The predicted octanol–water partition coefficient (Wildman–Crippen LogP) is 4.38. The van der Waals surface area contributed by atoms with Gasteiger partial charge in [-0.1, -0.05) is 26.0 Å². The first-order valence-electron chi connectivity index (χ1n) is 15.9. The molecule has 224 valence electrons. The molecule has 4 aliphatic carbocycles. The summed E-state index contributed by atoms with van der Waals surface area (Å²) < 4.78 is 0. The third-order valence-corrected chi connectivity index (χ3v) is 10.4. The first-order chi connectivity index (χ1) is 20.3. The van der Waals surface area contributed by atoms with E-state index in [1.54, 1.807) is 0 Å². The summed E-state index contributed by atoms with van der Waals surface area (Å²) in [5, 5.41) is 14.4. The Kier molecular flexibility index (Phi) is 7.03. The van der Waals surface area contributed by atoms with Crippen LogP contribution in [0, 0.1) is 23.7 Å². The molecule has 9 heteroatoms. The van der Waals surface area contributed by atoms with Crippen LogP contribution in [-0.4, -0.2) is 77.8 Å². The number of benzene rings is 1. The Morgan fingerprint density at radius 2 is 1.67 bits per heavy atom. The van der Waals surface area contributed by atoms with E-state index in [9.17, 15) is 14.7 Å². The Bertz CT molecular complexity index is 1310. The molecule has 0 radical (unpaired) electrons. The largest absolute Gasteiger partial charge is 0.390 e. The van der Waals surface area contributed by atoms with Crippen LogP contribution < -0.4 is 20.0 Å². The van der Waals surface area contributed by atoms with Crippen molar-refractivity contribution in [3.05, 3.63) is 42.6 Å². The van der Waals surface area contributed by atoms with Crippen molar-refractivity contribution in [2.24, 2.45) is 23.7 Å². The summed E-state index contributed by atoms with van der Waals surface area (Å²) in [6, 6.07) is 12.4. The molecule has 1 saturated heterocycles. The highest BCUT2D eigenvalue weighted by molar-refractivity contribution is 5.98. The number of pyridine rings is 1. The van der Waals surface area contributed by atoms with E-state index in [2.05, 4.69) is 47.2 Å². The van der Waals surface area contributed by atoms with Crippen LogP contribution in [0.2, 0.25) is 0 Å². The zero-order valence-corrected chi connectivity index (χ0v) is 24.9. The Morgan fingerprint density at radius 1 is 0.952 bits per heavy atom. The van der Waals surface area contributed by atoms with Gasteiger partial charge in [0.25, 0.3) is 0 Å². The van der Waals surface area contributed by atoms with Gasteiger partial charge in [0.15, 0.2) is 0 Å². The number of piperazine rings is 1. The van der Waals surface area contributed by atoms with Crippen molar-refractivity contribution >= 4 is 34.8 Å². The lowest BCUT2D eigenvalue weighted by Gasteiger charge is -2.58. The van der Waals surface area contributed by atoms with E-state index in [0.717, 1.165) is 81.2 Å². The monoisotopic (exact) mass is 572 g/mol. The van der Waals surface area contributed by atoms with E-state index in [-0.39, 0.29) is 18.0 Å². The van der Waals surface area contributed by atoms with Gasteiger partial charge in [-0.3, -0.25) is 9.69 Å².